The molecule has 0 amide bonds. The molecule has 5 heavy (non-hydrogen) atoms. The third-order valence-corrected chi connectivity index (χ3v) is 1.55. The first-order chi connectivity index (χ1) is 2.41. The quantitative estimate of drug-likeness (QED) is 0.490. The molecular formula is C3H11GeN. The Morgan fingerprint density at radius 1 is 1.80 bits per heavy atom. The SMILES string of the molecule is CCC[NH][GeH3]. The maximum absolute atomic E-state index is 3.20. The number of hydrogen-bond acceptors (Lipinski definition) is 1. The molecule has 0 saturated heterocycles. The van der Waals surface area contributed by atoms with E-state index in [4.69, 9.17) is 0 Å². The molecule has 0 heterocycles. The average Bonchev–Trinajstić information content (AvgIpc) is 1.41. The summed E-state index contributed by atoms with van der Waals surface area (Å²) in [7, 11) is 0. The molecule has 1 nitrogen and oxygen atoms in total. The van der Waals surface area contributed by atoms with E-state index in [0.29, 0.717) is 0 Å². The monoisotopic (exact) mass is 135 g/mol. The van der Waals surface area contributed by atoms with E-state index in [1.807, 2.05) is 0 Å². The van der Waals surface area contributed by atoms with Crippen LogP contribution >= 0.6 is 0 Å². The second kappa shape index (κ2) is 4.50. The van der Waals surface area contributed by atoms with Gasteiger partial charge in [-0.2, -0.15) is 0 Å². The van der Waals surface area contributed by atoms with Crippen molar-refractivity contribution in [1.29, 1.82) is 0 Å². The second-order valence-corrected chi connectivity index (χ2v) is 2.59. The molecule has 0 saturated carbocycles. The van der Waals surface area contributed by atoms with Crippen molar-refractivity contribution < 1.29 is 0 Å². The molecule has 0 rings (SSSR count). The van der Waals surface area contributed by atoms with Gasteiger partial charge in [0.2, 0.25) is 0 Å². The number of hydrogen-bond donors (Lipinski definition) is 1. The minimum absolute atomic E-state index is 0.864. The fourth-order valence-corrected chi connectivity index (χ4v) is 1.30. The molecule has 0 aliphatic heterocycles. The molecule has 0 aliphatic rings. The third kappa shape index (κ3) is 4.50. The summed E-state index contributed by atoms with van der Waals surface area (Å²) in [6, 6.07) is 0. The van der Waals surface area contributed by atoms with Crippen LogP contribution in [0.5, 0.6) is 0 Å². The van der Waals surface area contributed by atoms with Crippen LogP contribution in [0, 0.1) is 0 Å². The summed E-state index contributed by atoms with van der Waals surface area (Å²) in [6.45, 7) is 3.40. The molecule has 32 valence electrons. The normalized spacial score (nSPS) is 9.00. The molecule has 1 N–H and O–H groups in total. The zero-order valence-corrected chi connectivity index (χ0v) is 8.11. The molecule has 0 bridgehead atoms. The van der Waals surface area contributed by atoms with E-state index in [0.717, 1.165) is 16.7 Å². The van der Waals surface area contributed by atoms with Gasteiger partial charge >= 0.3 is 40.9 Å². The van der Waals surface area contributed by atoms with E-state index in [9.17, 15) is 0 Å². The Hall–Kier alpha value is 0.503. The minimum atomic E-state index is 0.864. The van der Waals surface area contributed by atoms with Crippen LogP contribution in [0.1, 0.15) is 13.3 Å². The predicted octanol–water partition coefficient (Wildman–Crippen LogP) is -0.734. The number of nitrogens with one attached hydrogen (secondary N) is 1. The number of rotatable bonds is 2. The van der Waals surface area contributed by atoms with Gasteiger partial charge in [0.05, 0.1) is 0 Å². The van der Waals surface area contributed by atoms with Gasteiger partial charge in [-0.15, -0.1) is 0 Å². The van der Waals surface area contributed by atoms with E-state index in [1.54, 1.807) is 0 Å². The Morgan fingerprint density at radius 3 is 2.40 bits per heavy atom. The van der Waals surface area contributed by atoms with Crippen molar-refractivity contribution in [3.8, 4) is 0 Å². The fraction of sp³-hybridized carbons (Fsp3) is 1.00. The summed E-state index contributed by atoms with van der Waals surface area (Å²) in [5.41, 5.74) is 0. The Kier molecular flexibility index (Phi) is 4.96. The molecule has 0 fully saturated rings. The van der Waals surface area contributed by atoms with Gasteiger partial charge < -0.3 is 0 Å². The summed E-state index contributed by atoms with van der Waals surface area (Å²) in [4.78, 5) is 0. The maximum atomic E-state index is 3.20. The average molecular weight is 134 g/mol. The second-order valence-electron chi connectivity index (χ2n) is 1.10. The van der Waals surface area contributed by atoms with Crippen LogP contribution in [0.4, 0.5) is 0 Å². The zero-order valence-electron chi connectivity index (χ0n) is 3.91. The van der Waals surface area contributed by atoms with Crippen molar-refractivity contribution in [3.05, 3.63) is 0 Å². The van der Waals surface area contributed by atoms with Crippen molar-refractivity contribution in [1.82, 2.24) is 4.27 Å². The van der Waals surface area contributed by atoms with Crippen molar-refractivity contribution in [2.24, 2.45) is 0 Å². The molecule has 0 radical (unpaired) electrons. The zero-order chi connectivity index (χ0) is 4.12. The molecule has 0 aromatic carbocycles. The molecule has 0 aliphatic carbocycles. The van der Waals surface area contributed by atoms with Crippen LogP contribution in [0.15, 0.2) is 0 Å². The van der Waals surface area contributed by atoms with E-state index in [2.05, 4.69) is 11.2 Å². The Labute approximate surface area is 41.6 Å². The van der Waals surface area contributed by atoms with E-state index in [-0.39, 0.29) is 0 Å². The van der Waals surface area contributed by atoms with Gasteiger partial charge in [0.1, 0.15) is 0 Å². The molecule has 0 unspecified atom stereocenters. The summed E-state index contributed by atoms with van der Waals surface area (Å²) in [5.74, 6) is 0. The predicted molar refractivity (Wildman–Crippen MR) is 28.2 cm³/mol. The third-order valence-electron chi connectivity index (χ3n) is 0.500. The Bertz CT molecular complexity index is 14.4. The van der Waals surface area contributed by atoms with Gasteiger partial charge in [0.15, 0.2) is 0 Å². The fourth-order valence-electron chi connectivity index (χ4n) is 0.250. The molecule has 0 atom stereocenters. The van der Waals surface area contributed by atoms with Gasteiger partial charge in [0, 0.05) is 0 Å². The van der Waals surface area contributed by atoms with Gasteiger partial charge in [-0.1, -0.05) is 0 Å². The molecule has 0 aromatic heterocycles. The van der Waals surface area contributed by atoms with Crippen LogP contribution in [0.25, 0.3) is 0 Å². The van der Waals surface area contributed by atoms with Gasteiger partial charge in [0.25, 0.3) is 0 Å². The van der Waals surface area contributed by atoms with Gasteiger partial charge in [-0.05, 0) is 0 Å². The summed E-state index contributed by atoms with van der Waals surface area (Å²) < 4.78 is 3.20. The first-order valence-electron chi connectivity index (χ1n) is 2.06. The standard InChI is InChI=1S/C3H11GeN/c1-2-3-5-4/h5H,2-3H2,1,4H3. The first kappa shape index (κ1) is 5.50. The molecule has 2 heteroatoms. The molecular weight excluding hydrogens is 123 g/mol. The van der Waals surface area contributed by atoms with Crippen molar-refractivity contribution in [2.45, 2.75) is 13.3 Å². The summed E-state index contributed by atoms with van der Waals surface area (Å²) >= 11 is 0.864. The van der Waals surface area contributed by atoms with Gasteiger partial charge in [-0.3, -0.25) is 0 Å². The topological polar surface area (TPSA) is 12.0 Å². The van der Waals surface area contributed by atoms with Crippen LogP contribution in [0.3, 0.4) is 0 Å². The van der Waals surface area contributed by atoms with Crippen molar-refractivity contribution >= 4 is 16.7 Å². The van der Waals surface area contributed by atoms with Gasteiger partial charge in [-0.25, -0.2) is 0 Å². The van der Waals surface area contributed by atoms with Crippen LogP contribution in [-0.2, 0) is 0 Å². The van der Waals surface area contributed by atoms with E-state index in [1.165, 1.54) is 13.0 Å². The van der Waals surface area contributed by atoms with Crippen LogP contribution in [0.2, 0.25) is 0 Å². The Morgan fingerprint density at radius 2 is 2.40 bits per heavy atom. The molecule has 0 spiro atoms. The van der Waals surface area contributed by atoms with Crippen LogP contribution in [-0.4, -0.2) is 23.3 Å². The van der Waals surface area contributed by atoms with Crippen molar-refractivity contribution in [3.63, 3.8) is 0 Å². The van der Waals surface area contributed by atoms with Crippen molar-refractivity contribution in [2.75, 3.05) is 6.54 Å². The Balaban J connectivity index is 2.19. The summed E-state index contributed by atoms with van der Waals surface area (Å²) in [6.07, 6.45) is 1.28. The van der Waals surface area contributed by atoms with E-state index >= 15 is 0 Å². The van der Waals surface area contributed by atoms with E-state index < -0.39 is 0 Å². The molecule has 0 aromatic rings. The summed E-state index contributed by atoms with van der Waals surface area (Å²) in [5, 5.41) is 0. The van der Waals surface area contributed by atoms with Crippen LogP contribution < -0.4 is 4.27 Å². The first-order valence-corrected chi connectivity index (χ1v) is 4.16.